The normalized spacial score (nSPS) is 12.4. The molecule has 4 nitrogen and oxygen atoms in total. The molecule has 0 amide bonds. The maximum Gasteiger partial charge on any atom is 0.118 e. The Morgan fingerprint density at radius 1 is 1.09 bits per heavy atom. The van der Waals surface area contributed by atoms with Crippen LogP contribution in [0.15, 0.2) is 60.8 Å². The third kappa shape index (κ3) is 3.92. The summed E-state index contributed by atoms with van der Waals surface area (Å²) in [7, 11) is 1.66. The Hall–Kier alpha value is -2.30. The molecule has 0 spiro atoms. The minimum atomic E-state index is -0.427. The lowest BCUT2D eigenvalue weighted by Gasteiger charge is -2.14. The summed E-state index contributed by atoms with van der Waals surface area (Å²) in [4.78, 5) is 0. The van der Waals surface area contributed by atoms with Gasteiger partial charge in [0, 0.05) is 31.3 Å². The van der Waals surface area contributed by atoms with Crippen LogP contribution < -0.4 is 10.1 Å². The maximum absolute atomic E-state index is 10.2. The molecular weight excluding hydrogens is 288 g/mol. The van der Waals surface area contributed by atoms with Crippen molar-refractivity contribution in [1.82, 2.24) is 9.88 Å². The van der Waals surface area contributed by atoms with E-state index in [9.17, 15) is 5.11 Å². The van der Waals surface area contributed by atoms with Gasteiger partial charge in [0.25, 0.3) is 0 Å². The average Bonchev–Trinajstić information content (AvgIpc) is 2.99. The Kier molecular flexibility index (Phi) is 4.95. The summed E-state index contributed by atoms with van der Waals surface area (Å²) in [5.74, 6) is 0.855. The molecule has 23 heavy (non-hydrogen) atoms. The van der Waals surface area contributed by atoms with Crippen LogP contribution in [0.2, 0.25) is 0 Å². The molecule has 0 fully saturated rings. The van der Waals surface area contributed by atoms with E-state index in [4.69, 9.17) is 4.74 Å². The smallest absolute Gasteiger partial charge is 0.118 e. The molecule has 4 heteroatoms. The van der Waals surface area contributed by atoms with E-state index < -0.39 is 6.10 Å². The van der Waals surface area contributed by atoms with Crippen LogP contribution in [0.1, 0.15) is 5.56 Å². The van der Waals surface area contributed by atoms with E-state index in [1.54, 1.807) is 7.11 Å². The van der Waals surface area contributed by atoms with Crippen LogP contribution in [-0.2, 0) is 13.1 Å². The highest BCUT2D eigenvalue weighted by Crippen LogP contribution is 2.15. The molecule has 1 heterocycles. The molecule has 1 aromatic heterocycles. The van der Waals surface area contributed by atoms with Crippen LogP contribution in [0.25, 0.3) is 10.9 Å². The number of hydrogen-bond acceptors (Lipinski definition) is 3. The second-order valence-corrected chi connectivity index (χ2v) is 5.66. The summed E-state index contributed by atoms with van der Waals surface area (Å²) in [5, 5.41) is 14.7. The largest absolute Gasteiger partial charge is 0.497 e. The van der Waals surface area contributed by atoms with Gasteiger partial charge in [-0.25, -0.2) is 0 Å². The molecule has 3 aromatic rings. The van der Waals surface area contributed by atoms with Crippen molar-refractivity contribution >= 4 is 10.9 Å². The van der Waals surface area contributed by atoms with Crippen LogP contribution in [0.3, 0.4) is 0 Å². The number of benzene rings is 2. The highest BCUT2D eigenvalue weighted by molar-refractivity contribution is 5.79. The highest BCUT2D eigenvalue weighted by atomic mass is 16.5. The number of ether oxygens (including phenoxy) is 1. The number of nitrogens with one attached hydrogen (secondary N) is 1. The van der Waals surface area contributed by atoms with Gasteiger partial charge in [-0.15, -0.1) is 0 Å². The SMILES string of the molecule is COc1ccc(CNCC(O)Cn2ccc3ccccc32)cc1. The quantitative estimate of drug-likeness (QED) is 0.705. The second kappa shape index (κ2) is 7.31. The number of rotatable bonds is 7. The van der Waals surface area contributed by atoms with Crippen LogP contribution in [0.4, 0.5) is 0 Å². The molecule has 1 unspecified atom stereocenters. The van der Waals surface area contributed by atoms with Gasteiger partial charge in [0.15, 0.2) is 0 Å². The fourth-order valence-corrected chi connectivity index (χ4v) is 2.72. The van der Waals surface area contributed by atoms with Crippen molar-refractivity contribution in [2.24, 2.45) is 0 Å². The lowest BCUT2D eigenvalue weighted by atomic mass is 10.2. The molecular formula is C19H22N2O2. The summed E-state index contributed by atoms with van der Waals surface area (Å²) in [5.41, 5.74) is 2.33. The van der Waals surface area contributed by atoms with Crippen LogP contribution >= 0.6 is 0 Å². The molecule has 3 rings (SSSR count). The van der Waals surface area contributed by atoms with E-state index >= 15 is 0 Å². The number of aliphatic hydroxyl groups excluding tert-OH is 1. The van der Waals surface area contributed by atoms with Crippen LogP contribution in [0.5, 0.6) is 5.75 Å². The van der Waals surface area contributed by atoms with Crippen molar-refractivity contribution < 1.29 is 9.84 Å². The van der Waals surface area contributed by atoms with E-state index in [1.807, 2.05) is 42.6 Å². The van der Waals surface area contributed by atoms with Crippen LogP contribution in [-0.4, -0.2) is 29.4 Å². The first-order valence-electron chi connectivity index (χ1n) is 7.82. The van der Waals surface area contributed by atoms with Crippen molar-refractivity contribution in [3.05, 3.63) is 66.4 Å². The first-order chi connectivity index (χ1) is 11.3. The minimum Gasteiger partial charge on any atom is -0.497 e. The number of aliphatic hydroxyl groups is 1. The number of hydrogen-bond donors (Lipinski definition) is 2. The highest BCUT2D eigenvalue weighted by Gasteiger charge is 2.07. The predicted molar refractivity (Wildman–Crippen MR) is 92.6 cm³/mol. The lowest BCUT2D eigenvalue weighted by molar-refractivity contribution is 0.152. The van der Waals surface area contributed by atoms with Gasteiger partial charge < -0.3 is 19.7 Å². The van der Waals surface area contributed by atoms with E-state index in [0.717, 1.165) is 17.8 Å². The molecule has 0 saturated heterocycles. The van der Waals surface area contributed by atoms with Gasteiger partial charge in [-0.05, 0) is 35.2 Å². The monoisotopic (exact) mass is 310 g/mol. The number of para-hydroxylation sites is 1. The van der Waals surface area contributed by atoms with E-state index in [-0.39, 0.29) is 0 Å². The fraction of sp³-hybridized carbons (Fsp3) is 0.263. The van der Waals surface area contributed by atoms with Crippen molar-refractivity contribution in [1.29, 1.82) is 0 Å². The molecule has 0 radical (unpaired) electrons. The van der Waals surface area contributed by atoms with Crippen LogP contribution in [0, 0.1) is 0 Å². The summed E-state index contributed by atoms with van der Waals surface area (Å²) in [6, 6.07) is 18.2. The number of nitrogens with zero attached hydrogens (tertiary/aromatic N) is 1. The Balaban J connectivity index is 1.50. The van der Waals surface area contributed by atoms with Gasteiger partial charge in [-0.3, -0.25) is 0 Å². The van der Waals surface area contributed by atoms with Gasteiger partial charge in [0.05, 0.1) is 13.2 Å². The van der Waals surface area contributed by atoms with Gasteiger partial charge in [0.2, 0.25) is 0 Å². The zero-order chi connectivity index (χ0) is 16.1. The number of fused-ring (bicyclic) bond motifs is 1. The van der Waals surface area contributed by atoms with Crippen molar-refractivity contribution in [3.63, 3.8) is 0 Å². The number of aromatic nitrogens is 1. The summed E-state index contributed by atoms with van der Waals surface area (Å²) >= 11 is 0. The fourth-order valence-electron chi connectivity index (χ4n) is 2.72. The molecule has 0 aliphatic rings. The Morgan fingerprint density at radius 2 is 1.87 bits per heavy atom. The zero-order valence-electron chi connectivity index (χ0n) is 13.3. The van der Waals surface area contributed by atoms with Crippen molar-refractivity contribution in [2.75, 3.05) is 13.7 Å². The van der Waals surface area contributed by atoms with Gasteiger partial charge in [-0.2, -0.15) is 0 Å². The second-order valence-electron chi connectivity index (χ2n) is 5.66. The Bertz CT molecular complexity index is 749. The molecule has 0 aliphatic heterocycles. The van der Waals surface area contributed by atoms with E-state index in [1.165, 1.54) is 10.9 Å². The maximum atomic E-state index is 10.2. The minimum absolute atomic E-state index is 0.427. The third-order valence-electron chi connectivity index (χ3n) is 3.96. The molecule has 120 valence electrons. The Labute approximate surface area is 136 Å². The topological polar surface area (TPSA) is 46.4 Å². The van der Waals surface area contributed by atoms with Gasteiger partial charge in [-0.1, -0.05) is 30.3 Å². The Morgan fingerprint density at radius 3 is 2.65 bits per heavy atom. The molecule has 0 bridgehead atoms. The van der Waals surface area contributed by atoms with Crippen molar-refractivity contribution in [3.8, 4) is 5.75 Å². The molecule has 2 aromatic carbocycles. The lowest BCUT2D eigenvalue weighted by Crippen LogP contribution is -2.29. The van der Waals surface area contributed by atoms with Gasteiger partial charge >= 0.3 is 0 Å². The standard InChI is InChI=1S/C19H22N2O2/c1-23-18-8-6-15(7-9-18)12-20-13-17(22)14-21-11-10-16-4-2-3-5-19(16)21/h2-11,17,20,22H,12-14H2,1H3. The molecule has 2 N–H and O–H groups in total. The van der Waals surface area contributed by atoms with E-state index in [2.05, 4.69) is 28.1 Å². The zero-order valence-corrected chi connectivity index (χ0v) is 13.3. The summed E-state index contributed by atoms with van der Waals surface area (Å²) < 4.78 is 7.23. The summed E-state index contributed by atoms with van der Waals surface area (Å²) in [6.45, 7) is 1.87. The molecule has 0 saturated carbocycles. The van der Waals surface area contributed by atoms with E-state index in [0.29, 0.717) is 13.1 Å². The molecule has 0 aliphatic carbocycles. The number of methoxy groups -OCH3 is 1. The summed E-state index contributed by atoms with van der Waals surface area (Å²) in [6.07, 6.45) is 1.60. The average molecular weight is 310 g/mol. The molecule has 1 atom stereocenters. The predicted octanol–water partition coefficient (Wildman–Crippen LogP) is 2.80. The van der Waals surface area contributed by atoms with Crippen molar-refractivity contribution in [2.45, 2.75) is 19.2 Å². The third-order valence-corrected chi connectivity index (χ3v) is 3.96. The van der Waals surface area contributed by atoms with Gasteiger partial charge in [0.1, 0.15) is 5.75 Å². The first kappa shape index (κ1) is 15.6. The first-order valence-corrected chi connectivity index (χ1v) is 7.82.